The number of nitrogens with zero attached hydrogens (tertiary/aromatic N) is 4. The molecule has 10 aromatic rings. The highest BCUT2D eigenvalue weighted by atomic mass is 16.3. The molecule has 8 aromatic carbocycles. The molecule has 2 heterocycles. The molecule has 0 unspecified atom stereocenters. The Labute approximate surface area is 359 Å². The van der Waals surface area contributed by atoms with E-state index in [2.05, 4.69) is 126 Å². The first-order valence-electron chi connectivity index (χ1n) is 20.7. The Morgan fingerprint density at radius 2 is 1.19 bits per heavy atom. The van der Waals surface area contributed by atoms with Gasteiger partial charge in [-0.2, -0.15) is 5.26 Å². The monoisotopic (exact) mass is 800 g/mol. The minimum Gasteiger partial charge on any atom is -0.455 e. The first-order chi connectivity index (χ1) is 30.4. The Morgan fingerprint density at radius 3 is 1.84 bits per heavy atom. The van der Waals surface area contributed by atoms with Crippen molar-refractivity contribution in [3.05, 3.63) is 203 Å². The van der Waals surface area contributed by atoms with E-state index in [4.69, 9.17) is 15.4 Å². The van der Waals surface area contributed by atoms with Gasteiger partial charge >= 0.3 is 0 Å². The van der Waals surface area contributed by atoms with Gasteiger partial charge in [-0.3, -0.25) is 0 Å². The van der Waals surface area contributed by atoms with Crippen LogP contribution in [0.3, 0.4) is 0 Å². The van der Waals surface area contributed by atoms with E-state index < -0.39 is 0 Å². The summed E-state index contributed by atoms with van der Waals surface area (Å²) in [6, 6.07) is 54.1. The molecule has 0 bridgehead atoms. The van der Waals surface area contributed by atoms with Gasteiger partial charge in [0, 0.05) is 38.5 Å². The van der Waals surface area contributed by atoms with Gasteiger partial charge in [-0.15, -0.1) is 0 Å². The molecule has 0 radical (unpaired) electrons. The number of nitriles is 1. The van der Waals surface area contributed by atoms with Crippen molar-refractivity contribution in [3.8, 4) is 6.07 Å². The Hall–Kier alpha value is -8.32. The number of rotatable bonds is 8. The number of furan rings is 2. The topological polar surface area (TPSA) is 60.9 Å². The Morgan fingerprint density at radius 1 is 0.597 bits per heavy atom. The van der Waals surface area contributed by atoms with Crippen LogP contribution in [0, 0.1) is 31.8 Å². The second kappa shape index (κ2) is 15.4. The molecule has 10 rings (SSSR count). The number of benzene rings is 8. The molecular weight excluding hydrogens is 761 g/mol. The minimum absolute atomic E-state index is 0.572. The maximum absolute atomic E-state index is 9.80. The van der Waals surface area contributed by atoms with Crippen LogP contribution in [-0.2, 0) is 0 Å². The molecule has 2 aromatic heterocycles. The number of anilines is 5. The van der Waals surface area contributed by atoms with Gasteiger partial charge in [-0.25, -0.2) is 4.85 Å². The predicted octanol–water partition coefficient (Wildman–Crippen LogP) is 16.4. The zero-order valence-electron chi connectivity index (χ0n) is 34.8. The molecule has 0 aliphatic rings. The van der Waals surface area contributed by atoms with Crippen molar-refractivity contribution in [1.82, 2.24) is 0 Å². The SMILES string of the molecule is [C-]#[N+]c1ccc(N(c2cc3c4ccccc4c(N(/C(=C/C)c4oc(/C=C\C)c(C)c4C)c4ccc(C#N)cc4)cc3c3ccccc23)c2cccc3c2oc2ccccc23)cc1. The molecule has 6 nitrogen and oxygen atoms in total. The van der Waals surface area contributed by atoms with Crippen molar-refractivity contribution in [2.75, 3.05) is 9.80 Å². The zero-order chi connectivity index (χ0) is 42.5. The Bertz CT molecular complexity index is 3540. The van der Waals surface area contributed by atoms with Crippen LogP contribution in [0.15, 0.2) is 173 Å². The molecule has 0 aliphatic heterocycles. The molecule has 0 amide bonds. The summed E-state index contributed by atoms with van der Waals surface area (Å²) in [5.74, 6) is 1.61. The fraction of sp³-hybridized carbons (Fsp3) is 0.0714. The van der Waals surface area contributed by atoms with E-state index in [9.17, 15) is 5.26 Å². The van der Waals surface area contributed by atoms with Crippen molar-refractivity contribution >= 4 is 100 Å². The summed E-state index contributed by atoms with van der Waals surface area (Å²) in [4.78, 5) is 8.25. The molecule has 0 aliphatic carbocycles. The summed E-state index contributed by atoms with van der Waals surface area (Å²) in [5, 5.41) is 18.3. The van der Waals surface area contributed by atoms with Crippen LogP contribution in [0.1, 0.15) is 42.1 Å². The van der Waals surface area contributed by atoms with Crippen LogP contribution in [0.4, 0.5) is 34.1 Å². The summed E-state index contributed by atoms with van der Waals surface area (Å²) < 4.78 is 13.4. The van der Waals surface area contributed by atoms with E-state index in [1.54, 1.807) is 0 Å². The zero-order valence-corrected chi connectivity index (χ0v) is 34.8. The number of para-hydroxylation sites is 2. The summed E-state index contributed by atoms with van der Waals surface area (Å²) >= 11 is 0. The molecule has 6 heteroatoms. The van der Waals surface area contributed by atoms with Gasteiger partial charge < -0.3 is 18.6 Å². The maximum Gasteiger partial charge on any atom is 0.187 e. The molecule has 0 saturated carbocycles. The summed E-state index contributed by atoms with van der Waals surface area (Å²) in [7, 11) is 0. The van der Waals surface area contributed by atoms with Crippen LogP contribution < -0.4 is 9.80 Å². The fourth-order valence-electron chi connectivity index (χ4n) is 8.90. The van der Waals surface area contributed by atoms with Crippen LogP contribution in [-0.4, -0.2) is 0 Å². The van der Waals surface area contributed by atoms with Gasteiger partial charge in [0.05, 0.1) is 41.0 Å². The predicted molar refractivity (Wildman–Crippen MR) is 257 cm³/mol. The third kappa shape index (κ3) is 6.09. The van der Waals surface area contributed by atoms with Crippen LogP contribution in [0.5, 0.6) is 0 Å². The van der Waals surface area contributed by atoms with Crippen LogP contribution in [0.2, 0.25) is 0 Å². The van der Waals surface area contributed by atoms with E-state index in [0.717, 1.165) is 111 Å². The maximum atomic E-state index is 9.80. The lowest BCUT2D eigenvalue weighted by atomic mass is 9.93. The van der Waals surface area contributed by atoms with Crippen molar-refractivity contribution in [2.24, 2.45) is 0 Å². The average molecular weight is 801 g/mol. The summed E-state index contributed by atoms with van der Waals surface area (Å²) in [5.41, 5.74) is 10.5. The van der Waals surface area contributed by atoms with Crippen molar-refractivity contribution in [2.45, 2.75) is 27.7 Å². The molecule has 0 N–H and O–H groups in total. The summed E-state index contributed by atoms with van der Waals surface area (Å²) in [6.07, 6.45) is 6.12. The fourth-order valence-corrected chi connectivity index (χ4v) is 8.90. The average Bonchev–Trinajstić information content (AvgIpc) is 3.84. The lowest BCUT2D eigenvalue weighted by molar-refractivity contribution is 0.538. The second-order valence-corrected chi connectivity index (χ2v) is 15.4. The minimum atomic E-state index is 0.572. The number of allylic oxidation sites excluding steroid dienone is 2. The van der Waals surface area contributed by atoms with E-state index in [1.807, 2.05) is 92.7 Å². The first kappa shape index (κ1) is 37.9. The molecule has 0 atom stereocenters. The van der Waals surface area contributed by atoms with Gasteiger partial charge in [0.15, 0.2) is 17.0 Å². The molecular formula is C56H40N4O2. The van der Waals surface area contributed by atoms with Crippen molar-refractivity contribution in [1.29, 1.82) is 5.26 Å². The highest BCUT2D eigenvalue weighted by molar-refractivity contribution is 6.25. The molecule has 0 saturated heterocycles. The van der Waals surface area contributed by atoms with Crippen LogP contribution >= 0.6 is 0 Å². The second-order valence-electron chi connectivity index (χ2n) is 15.4. The van der Waals surface area contributed by atoms with E-state index in [0.29, 0.717) is 11.3 Å². The number of fused-ring (bicyclic) bond motifs is 8. The smallest absolute Gasteiger partial charge is 0.187 e. The molecule has 0 spiro atoms. The highest BCUT2D eigenvalue weighted by Gasteiger charge is 2.27. The van der Waals surface area contributed by atoms with Gasteiger partial charge in [-0.1, -0.05) is 103 Å². The lowest BCUT2D eigenvalue weighted by Gasteiger charge is -2.30. The number of hydrogen-bond acceptors (Lipinski definition) is 5. The van der Waals surface area contributed by atoms with Gasteiger partial charge in [0.25, 0.3) is 0 Å². The number of hydrogen-bond donors (Lipinski definition) is 0. The third-order valence-electron chi connectivity index (χ3n) is 12.0. The Kier molecular flexibility index (Phi) is 9.40. The van der Waals surface area contributed by atoms with E-state index >= 15 is 0 Å². The standard InChI is InChI=1S/C56H40N4O2/c1-6-15-53-35(3)36(4)55(61-53)49(7-2)59(39-28-24-37(34-57)25-29-39)51-32-47-42-17-9-11-19-44(42)52(33-48(47)41-16-8-10-18-43(41)51)60(40-30-26-38(58-5)27-31-40)50-22-14-21-46-45-20-12-13-23-54(45)62-56(46)50/h6-33H,1-4H3/b15-6-,49-7+. The highest BCUT2D eigenvalue weighted by Crippen LogP contribution is 2.50. The molecule has 296 valence electrons. The van der Waals surface area contributed by atoms with Crippen LogP contribution in [0.25, 0.3) is 70.9 Å². The van der Waals surface area contributed by atoms with Crippen molar-refractivity contribution in [3.63, 3.8) is 0 Å². The van der Waals surface area contributed by atoms with E-state index in [1.165, 1.54) is 0 Å². The van der Waals surface area contributed by atoms with Crippen molar-refractivity contribution < 1.29 is 8.83 Å². The first-order valence-corrected chi connectivity index (χ1v) is 20.7. The summed E-state index contributed by atoms with van der Waals surface area (Å²) in [6.45, 7) is 16.0. The lowest BCUT2D eigenvalue weighted by Crippen LogP contribution is -2.16. The molecule has 62 heavy (non-hydrogen) atoms. The quantitative estimate of drug-likeness (QED) is 0.113. The third-order valence-corrected chi connectivity index (χ3v) is 12.0. The largest absolute Gasteiger partial charge is 0.455 e. The van der Waals surface area contributed by atoms with Gasteiger partial charge in [0.1, 0.15) is 11.3 Å². The normalized spacial score (nSPS) is 11.9. The van der Waals surface area contributed by atoms with E-state index in [-0.39, 0.29) is 0 Å². The van der Waals surface area contributed by atoms with Gasteiger partial charge in [0.2, 0.25) is 0 Å². The van der Waals surface area contributed by atoms with Gasteiger partial charge in [-0.05, 0) is 122 Å². The Balaban J connectivity index is 1.29. The molecule has 0 fully saturated rings.